The Kier molecular flexibility index (Phi) is 10.9. The van der Waals surface area contributed by atoms with Crippen LogP contribution in [0.3, 0.4) is 0 Å². The summed E-state index contributed by atoms with van der Waals surface area (Å²) in [6, 6.07) is 6.43. The van der Waals surface area contributed by atoms with E-state index in [1.165, 1.54) is 18.6 Å². The molecule has 1 aliphatic carbocycles. The lowest BCUT2D eigenvalue weighted by Crippen LogP contribution is -2.22. The Hall–Kier alpha value is -2.29. The summed E-state index contributed by atoms with van der Waals surface area (Å²) in [5.74, 6) is 3.02. The molecule has 27 heavy (non-hydrogen) atoms. The quantitative estimate of drug-likeness (QED) is 0.608. The number of thiophene rings is 1. The second kappa shape index (κ2) is 13.0. The zero-order valence-electron chi connectivity index (χ0n) is 16.4. The van der Waals surface area contributed by atoms with E-state index in [0.29, 0.717) is 18.2 Å². The standard InChI is InChI=1S/C11H8FNO.C7H17N.C4H4S/c12-9-2-1-3-11-8(6-9)7-10(13-11)4-5-14;1-6(2)5-7(3)8-4;1-2-4-5-3-1/h1-2,6-7,13-14H,3H2;6-8H,5H2,1-4H3;1-4H. The van der Waals surface area contributed by atoms with E-state index in [4.69, 9.17) is 5.11 Å². The molecule has 0 saturated heterocycles. The first-order valence-corrected chi connectivity index (χ1v) is 9.95. The number of aliphatic hydroxyl groups excluding tert-OH is 1. The molecular weight excluding hydrogens is 359 g/mol. The molecule has 2 heterocycles. The maximum atomic E-state index is 13.0. The molecule has 1 atom stereocenters. The molecule has 2 aromatic rings. The Balaban J connectivity index is 0.000000236. The molecule has 0 amide bonds. The largest absolute Gasteiger partial charge is 0.462 e. The lowest BCUT2D eigenvalue weighted by atomic mass is 10.1. The van der Waals surface area contributed by atoms with Crippen LogP contribution in [0, 0.1) is 17.9 Å². The summed E-state index contributed by atoms with van der Waals surface area (Å²) in [6.07, 6.45) is 8.34. The van der Waals surface area contributed by atoms with Crippen LogP contribution in [0.5, 0.6) is 0 Å². The van der Waals surface area contributed by atoms with Gasteiger partial charge >= 0.3 is 0 Å². The Bertz CT molecular complexity index is 747. The van der Waals surface area contributed by atoms with Crippen molar-refractivity contribution in [2.75, 3.05) is 7.05 Å². The minimum absolute atomic E-state index is 0.272. The van der Waals surface area contributed by atoms with Crippen LogP contribution in [0.15, 0.2) is 46.9 Å². The number of allylic oxidation sites excluding steroid dienone is 3. The van der Waals surface area contributed by atoms with E-state index in [0.717, 1.165) is 17.2 Å². The van der Waals surface area contributed by atoms with Crippen molar-refractivity contribution in [3.8, 4) is 12.0 Å². The smallest absolute Gasteiger partial charge is 0.123 e. The lowest BCUT2D eigenvalue weighted by Gasteiger charge is -2.11. The minimum Gasteiger partial charge on any atom is -0.462 e. The molecule has 5 heteroatoms. The highest BCUT2D eigenvalue weighted by Gasteiger charge is 2.07. The third-order valence-electron chi connectivity index (χ3n) is 3.76. The monoisotopic (exact) mass is 388 g/mol. The fourth-order valence-electron chi connectivity index (χ4n) is 2.48. The van der Waals surface area contributed by atoms with Crippen LogP contribution in [0.1, 0.15) is 44.1 Å². The van der Waals surface area contributed by atoms with E-state index in [1.54, 1.807) is 29.6 Å². The Labute approximate surface area is 166 Å². The molecule has 0 aromatic carbocycles. The average molecular weight is 389 g/mol. The van der Waals surface area contributed by atoms with Gasteiger partial charge in [0.05, 0.1) is 5.69 Å². The highest BCUT2D eigenvalue weighted by Crippen LogP contribution is 2.20. The highest BCUT2D eigenvalue weighted by molar-refractivity contribution is 7.07. The molecule has 0 fully saturated rings. The van der Waals surface area contributed by atoms with Gasteiger partial charge in [0, 0.05) is 18.2 Å². The molecule has 0 radical (unpaired) electrons. The molecule has 0 spiro atoms. The molecule has 0 aliphatic heterocycles. The number of fused-ring (bicyclic) bond motifs is 1. The van der Waals surface area contributed by atoms with Crippen LogP contribution in [0.25, 0.3) is 6.08 Å². The van der Waals surface area contributed by atoms with Gasteiger partial charge in [0.25, 0.3) is 0 Å². The van der Waals surface area contributed by atoms with Gasteiger partial charge in [0.15, 0.2) is 0 Å². The van der Waals surface area contributed by atoms with Gasteiger partial charge < -0.3 is 15.4 Å². The van der Waals surface area contributed by atoms with Crippen LogP contribution in [-0.4, -0.2) is 23.2 Å². The molecule has 0 saturated carbocycles. The lowest BCUT2D eigenvalue weighted by molar-refractivity contribution is 0.469. The summed E-state index contributed by atoms with van der Waals surface area (Å²) >= 11 is 1.71. The summed E-state index contributed by atoms with van der Waals surface area (Å²) in [5, 5.41) is 15.7. The predicted octanol–water partition coefficient (Wildman–Crippen LogP) is 5.51. The number of aromatic nitrogens is 1. The first-order valence-electron chi connectivity index (χ1n) is 9.01. The van der Waals surface area contributed by atoms with Crippen LogP contribution >= 0.6 is 11.3 Å². The average Bonchev–Trinajstić information content (AvgIpc) is 3.27. The van der Waals surface area contributed by atoms with E-state index in [-0.39, 0.29) is 5.83 Å². The van der Waals surface area contributed by atoms with Crippen molar-refractivity contribution >= 4 is 17.4 Å². The molecule has 146 valence electrons. The fourth-order valence-corrected chi connectivity index (χ4v) is 2.93. The normalized spacial score (nSPS) is 12.9. The summed E-state index contributed by atoms with van der Waals surface area (Å²) < 4.78 is 13.0. The van der Waals surface area contributed by atoms with E-state index in [1.807, 2.05) is 29.9 Å². The zero-order chi connectivity index (χ0) is 20.1. The van der Waals surface area contributed by atoms with Crippen molar-refractivity contribution in [1.82, 2.24) is 10.3 Å². The summed E-state index contributed by atoms with van der Waals surface area (Å²) in [7, 11) is 2.01. The third kappa shape index (κ3) is 9.83. The van der Waals surface area contributed by atoms with Crippen molar-refractivity contribution in [2.45, 2.75) is 39.7 Å². The molecule has 0 bridgehead atoms. The van der Waals surface area contributed by atoms with Gasteiger partial charge in [-0.1, -0.05) is 32.1 Å². The van der Waals surface area contributed by atoms with E-state index < -0.39 is 0 Å². The number of hydrogen-bond acceptors (Lipinski definition) is 3. The summed E-state index contributed by atoms with van der Waals surface area (Å²) in [6.45, 7) is 6.70. The van der Waals surface area contributed by atoms with Crippen molar-refractivity contribution in [3.05, 3.63) is 63.9 Å². The number of aromatic amines is 1. The number of halogens is 1. The molecular formula is C22H29FN2OS. The molecule has 2 aromatic heterocycles. The van der Waals surface area contributed by atoms with Gasteiger partial charge in [-0.3, -0.25) is 0 Å². The number of aliphatic hydroxyl groups is 1. The number of rotatable bonds is 3. The molecule has 3 nitrogen and oxygen atoms in total. The van der Waals surface area contributed by atoms with Crippen molar-refractivity contribution in [3.63, 3.8) is 0 Å². The second-order valence-electron chi connectivity index (χ2n) is 6.60. The Morgan fingerprint density at radius 1 is 1.30 bits per heavy atom. The Morgan fingerprint density at radius 2 is 2.00 bits per heavy atom. The maximum Gasteiger partial charge on any atom is 0.123 e. The van der Waals surface area contributed by atoms with Gasteiger partial charge in [-0.2, -0.15) is 11.3 Å². The van der Waals surface area contributed by atoms with Gasteiger partial charge in [-0.05, 0) is 66.8 Å². The maximum absolute atomic E-state index is 13.0. The van der Waals surface area contributed by atoms with Crippen LogP contribution in [0.4, 0.5) is 4.39 Å². The molecule has 1 unspecified atom stereocenters. The summed E-state index contributed by atoms with van der Waals surface area (Å²) in [5.41, 5.74) is 2.29. The van der Waals surface area contributed by atoms with Crippen LogP contribution < -0.4 is 5.32 Å². The first-order chi connectivity index (χ1) is 13.0. The first kappa shape index (κ1) is 22.8. The van der Waals surface area contributed by atoms with Crippen LogP contribution in [0.2, 0.25) is 0 Å². The van der Waals surface area contributed by atoms with Crippen molar-refractivity contribution < 1.29 is 9.50 Å². The van der Waals surface area contributed by atoms with Crippen LogP contribution in [-0.2, 0) is 6.42 Å². The number of hydrogen-bond donors (Lipinski definition) is 3. The molecule has 3 rings (SSSR count). The van der Waals surface area contributed by atoms with E-state index >= 15 is 0 Å². The van der Waals surface area contributed by atoms with E-state index in [2.05, 4.69) is 37.0 Å². The molecule has 3 N–H and O–H groups in total. The van der Waals surface area contributed by atoms with Gasteiger partial charge in [0.2, 0.25) is 0 Å². The van der Waals surface area contributed by atoms with Crippen molar-refractivity contribution in [2.24, 2.45) is 5.92 Å². The van der Waals surface area contributed by atoms with Crippen molar-refractivity contribution in [1.29, 1.82) is 0 Å². The number of nitrogens with one attached hydrogen (secondary N) is 2. The Morgan fingerprint density at radius 3 is 2.48 bits per heavy atom. The fraction of sp³-hybridized carbons (Fsp3) is 0.364. The summed E-state index contributed by atoms with van der Waals surface area (Å²) in [4.78, 5) is 3.00. The highest BCUT2D eigenvalue weighted by atomic mass is 32.1. The second-order valence-corrected chi connectivity index (χ2v) is 7.42. The minimum atomic E-state index is -0.272. The zero-order valence-corrected chi connectivity index (χ0v) is 17.2. The molecule has 1 aliphatic rings. The topological polar surface area (TPSA) is 48.0 Å². The predicted molar refractivity (Wildman–Crippen MR) is 114 cm³/mol. The van der Waals surface area contributed by atoms with E-state index in [9.17, 15) is 4.39 Å². The number of H-pyrrole nitrogens is 1. The van der Waals surface area contributed by atoms with Gasteiger partial charge in [-0.25, -0.2) is 4.39 Å². The van der Waals surface area contributed by atoms with Gasteiger partial charge in [-0.15, -0.1) is 0 Å². The van der Waals surface area contributed by atoms with Gasteiger partial charge in [0.1, 0.15) is 11.9 Å². The third-order valence-corrected chi connectivity index (χ3v) is 4.39. The SMILES string of the molecule is CNC(C)CC(C)C.OC#Cc1cc2c([nH]1)CC=CC(F)=C2.c1ccsc1.